The lowest BCUT2D eigenvalue weighted by atomic mass is 10.2. The maximum atomic E-state index is 11.0. The van der Waals surface area contributed by atoms with Crippen LogP contribution in [0.5, 0.6) is 0 Å². The molecule has 0 heterocycles. The monoisotopic (exact) mass is 237 g/mol. The number of ether oxygens (including phenoxy) is 1. The van der Waals surface area contributed by atoms with E-state index in [1.165, 1.54) is 0 Å². The van der Waals surface area contributed by atoms with Crippen LogP contribution in [-0.2, 0) is 9.53 Å². The first-order valence-corrected chi connectivity index (χ1v) is 5.22. The van der Waals surface area contributed by atoms with Gasteiger partial charge in [0.25, 0.3) is 0 Å². The first-order chi connectivity index (χ1) is 5.68. The Bertz CT molecular complexity index is 128. The van der Waals surface area contributed by atoms with Crippen molar-refractivity contribution < 1.29 is 9.53 Å². The van der Waals surface area contributed by atoms with Gasteiger partial charge in [-0.15, -0.1) is 0 Å². The van der Waals surface area contributed by atoms with E-state index in [0.717, 1.165) is 5.33 Å². The summed E-state index contributed by atoms with van der Waals surface area (Å²) in [6.45, 7) is 5.62. The minimum Gasteiger partial charge on any atom is -0.379 e. The quantitative estimate of drug-likeness (QED) is 0.557. The van der Waals surface area contributed by atoms with E-state index in [2.05, 4.69) is 21.2 Å². The zero-order valence-corrected chi connectivity index (χ0v) is 9.19. The van der Waals surface area contributed by atoms with Crippen LogP contribution in [0.15, 0.2) is 0 Å². The molecule has 0 aliphatic heterocycles. The second-order valence-corrected chi connectivity index (χ2v) is 3.54. The molecule has 12 heavy (non-hydrogen) atoms. The number of alkyl halides is 1. The first-order valence-electron chi connectivity index (χ1n) is 4.10. The summed E-state index contributed by atoms with van der Waals surface area (Å²) in [5.74, 6) is 0.138. The predicted molar refractivity (Wildman–Crippen MR) is 52.5 cm³/mol. The third-order valence-corrected chi connectivity index (χ3v) is 1.62. The van der Waals surface area contributed by atoms with E-state index in [1.807, 2.05) is 13.8 Å². The van der Waals surface area contributed by atoms with Crippen molar-refractivity contribution in [1.29, 1.82) is 0 Å². The third-order valence-electron chi connectivity index (χ3n) is 1.29. The molecule has 0 saturated carbocycles. The van der Waals surface area contributed by atoms with Gasteiger partial charge in [-0.3, -0.25) is 4.79 Å². The molecule has 0 saturated heterocycles. The minimum atomic E-state index is 0.0566. The van der Waals surface area contributed by atoms with Gasteiger partial charge in [-0.05, 0) is 0 Å². The molecule has 1 amide bonds. The maximum Gasteiger partial charge on any atom is 0.222 e. The summed E-state index contributed by atoms with van der Waals surface area (Å²) in [6, 6.07) is 0. The van der Waals surface area contributed by atoms with E-state index in [4.69, 9.17) is 4.74 Å². The molecule has 0 aromatic carbocycles. The van der Waals surface area contributed by atoms with Crippen LogP contribution in [0.1, 0.15) is 13.8 Å². The highest BCUT2D eigenvalue weighted by Gasteiger charge is 2.04. The summed E-state index contributed by atoms with van der Waals surface area (Å²) in [7, 11) is 0. The van der Waals surface area contributed by atoms with E-state index in [9.17, 15) is 4.79 Å². The average molecular weight is 238 g/mol. The molecule has 0 aromatic heterocycles. The van der Waals surface area contributed by atoms with Gasteiger partial charge in [-0.25, -0.2) is 0 Å². The molecule has 1 N–H and O–H groups in total. The highest BCUT2D eigenvalue weighted by atomic mass is 79.9. The Morgan fingerprint density at radius 2 is 2.17 bits per heavy atom. The summed E-state index contributed by atoms with van der Waals surface area (Å²) in [5.41, 5.74) is 0. The van der Waals surface area contributed by atoms with Crippen molar-refractivity contribution >= 4 is 21.8 Å². The van der Waals surface area contributed by atoms with Gasteiger partial charge in [0, 0.05) is 17.8 Å². The summed E-state index contributed by atoms with van der Waals surface area (Å²) in [4.78, 5) is 11.0. The molecule has 0 atom stereocenters. The molecule has 0 spiro atoms. The molecular weight excluding hydrogens is 222 g/mol. The van der Waals surface area contributed by atoms with Crippen molar-refractivity contribution in [3.63, 3.8) is 0 Å². The van der Waals surface area contributed by atoms with Crippen LogP contribution >= 0.6 is 15.9 Å². The molecule has 0 radical (unpaired) electrons. The fourth-order valence-corrected chi connectivity index (χ4v) is 0.836. The summed E-state index contributed by atoms with van der Waals surface area (Å²) < 4.78 is 5.15. The Labute approximate surface area is 82.0 Å². The van der Waals surface area contributed by atoms with Crippen molar-refractivity contribution in [3.8, 4) is 0 Å². The molecule has 4 heteroatoms. The standard InChI is InChI=1S/C8H16BrNO2/c1-7(2)8(11)10-4-6-12-5-3-9/h7H,3-6H2,1-2H3,(H,10,11). The van der Waals surface area contributed by atoms with Crippen molar-refractivity contribution in [3.05, 3.63) is 0 Å². The summed E-state index contributed by atoms with van der Waals surface area (Å²) >= 11 is 3.24. The maximum absolute atomic E-state index is 11.0. The van der Waals surface area contributed by atoms with Gasteiger partial charge in [0.05, 0.1) is 13.2 Å². The second-order valence-electron chi connectivity index (χ2n) is 2.75. The van der Waals surface area contributed by atoms with Crippen LogP contribution in [0.2, 0.25) is 0 Å². The molecule has 3 nitrogen and oxygen atoms in total. The SMILES string of the molecule is CC(C)C(=O)NCCOCCBr. The van der Waals surface area contributed by atoms with Gasteiger partial charge >= 0.3 is 0 Å². The molecular formula is C8H16BrNO2. The molecule has 0 aliphatic carbocycles. The van der Waals surface area contributed by atoms with Crippen LogP contribution in [-0.4, -0.2) is 31.0 Å². The molecule has 0 fully saturated rings. The Balaban J connectivity index is 3.14. The van der Waals surface area contributed by atoms with Gasteiger partial charge < -0.3 is 10.1 Å². The Morgan fingerprint density at radius 1 is 1.50 bits per heavy atom. The zero-order chi connectivity index (χ0) is 9.40. The highest BCUT2D eigenvalue weighted by Crippen LogP contribution is 1.89. The number of halogens is 1. The molecule has 0 bridgehead atoms. The number of amides is 1. The van der Waals surface area contributed by atoms with Crippen LogP contribution in [0.4, 0.5) is 0 Å². The lowest BCUT2D eigenvalue weighted by molar-refractivity contribution is -0.124. The van der Waals surface area contributed by atoms with Gasteiger partial charge in [0.15, 0.2) is 0 Å². The van der Waals surface area contributed by atoms with Gasteiger partial charge in [-0.1, -0.05) is 29.8 Å². The van der Waals surface area contributed by atoms with Crippen molar-refractivity contribution in [1.82, 2.24) is 5.32 Å². The van der Waals surface area contributed by atoms with Crippen LogP contribution in [0.25, 0.3) is 0 Å². The Hall–Kier alpha value is -0.0900. The number of carbonyl (C=O) groups is 1. The topological polar surface area (TPSA) is 38.3 Å². The van der Waals surface area contributed by atoms with E-state index in [1.54, 1.807) is 0 Å². The first kappa shape index (κ1) is 11.9. The van der Waals surface area contributed by atoms with Gasteiger partial charge in [-0.2, -0.15) is 0 Å². The van der Waals surface area contributed by atoms with E-state index < -0.39 is 0 Å². The second kappa shape index (κ2) is 7.55. The Kier molecular flexibility index (Phi) is 7.50. The van der Waals surface area contributed by atoms with Gasteiger partial charge in [0.2, 0.25) is 5.91 Å². The van der Waals surface area contributed by atoms with Crippen molar-refractivity contribution in [2.75, 3.05) is 25.1 Å². The van der Waals surface area contributed by atoms with Crippen molar-refractivity contribution in [2.24, 2.45) is 5.92 Å². The van der Waals surface area contributed by atoms with Gasteiger partial charge in [0.1, 0.15) is 0 Å². The smallest absolute Gasteiger partial charge is 0.222 e. The number of hydrogen-bond acceptors (Lipinski definition) is 2. The van der Waals surface area contributed by atoms with Crippen LogP contribution < -0.4 is 5.32 Å². The predicted octanol–water partition coefficient (Wildman–Crippen LogP) is 1.17. The van der Waals surface area contributed by atoms with Crippen LogP contribution in [0, 0.1) is 5.92 Å². The number of hydrogen-bond donors (Lipinski definition) is 1. The fraction of sp³-hybridized carbons (Fsp3) is 0.875. The molecule has 72 valence electrons. The summed E-state index contributed by atoms with van der Waals surface area (Å²) in [5, 5.41) is 3.60. The summed E-state index contributed by atoms with van der Waals surface area (Å²) in [6.07, 6.45) is 0. The minimum absolute atomic E-state index is 0.0566. The van der Waals surface area contributed by atoms with E-state index in [0.29, 0.717) is 19.8 Å². The van der Waals surface area contributed by atoms with Crippen molar-refractivity contribution in [2.45, 2.75) is 13.8 Å². The lowest BCUT2D eigenvalue weighted by Gasteiger charge is -2.07. The number of carbonyl (C=O) groups excluding carboxylic acids is 1. The number of rotatable bonds is 6. The van der Waals surface area contributed by atoms with E-state index in [-0.39, 0.29) is 11.8 Å². The normalized spacial score (nSPS) is 10.3. The van der Waals surface area contributed by atoms with E-state index >= 15 is 0 Å². The largest absolute Gasteiger partial charge is 0.379 e. The molecule has 0 rings (SSSR count). The molecule has 0 aliphatic rings. The van der Waals surface area contributed by atoms with Crippen LogP contribution in [0.3, 0.4) is 0 Å². The molecule has 0 aromatic rings. The number of nitrogens with one attached hydrogen (secondary N) is 1. The third kappa shape index (κ3) is 6.61. The molecule has 0 unspecified atom stereocenters. The fourth-order valence-electron chi connectivity index (χ4n) is 0.607. The Morgan fingerprint density at radius 3 is 2.67 bits per heavy atom. The average Bonchev–Trinajstić information content (AvgIpc) is 2.03. The highest BCUT2D eigenvalue weighted by molar-refractivity contribution is 9.09. The zero-order valence-electron chi connectivity index (χ0n) is 7.60. The lowest BCUT2D eigenvalue weighted by Crippen LogP contribution is -2.30.